The number of para-hydroxylation sites is 1. The van der Waals surface area contributed by atoms with E-state index < -0.39 is 0 Å². The molecule has 3 N–H and O–H groups in total. The normalized spacial score (nSPS) is 17.8. The summed E-state index contributed by atoms with van der Waals surface area (Å²) in [6.07, 6.45) is 5.95. The molecule has 7 nitrogen and oxygen atoms in total. The number of nitrogens with zero attached hydrogens (tertiary/aromatic N) is 5. The van der Waals surface area contributed by atoms with Crippen LogP contribution in [-0.4, -0.2) is 36.9 Å². The number of halogens is 1. The van der Waals surface area contributed by atoms with Crippen molar-refractivity contribution in [1.82, 2.24) is 17.8 Å². The van der Waals surface area contributed by atoms with E-state index in [-0.39, 0.29) is 6.04 Å². The van der Waals surface area contributed by atoms with Gasteiger partial charge in [-0.1, -0.05) is 12.1 Å². The van der Waals surface area contributed by atoms with Crippen LogP contribution in [0.15, 0.2) is 30.6 Å². The molecule has 1 saturated heterocycles. The van der Waals surface area contributed by atoms with Crippen LogP contribution in [0.1, 0.15) is 24.1 Å². The maximum Gasteiger partial charge on any atom is 0.147 e. The van der Waals surface area contributed by atoms with E-state index in [0.717, 1.165) is 59.6 Å². The molecule has 1 unspecified atom stereocenters. The zero-order valence-electron chi connectivity index (χ0n) is 15.0. The number of nitrogens with two attached hydrogens (primary N) is 1. The van der Waals surface area contributed by atoms with E-state index in [1.165, 1.54) is 0 Å². The van der Waals surface area contributed by atoms with Crippen molar-refractivity contribution in [2.75, 3.05) is 18.4 Å². The van der Waals surface area contributed by atoms with E-state index >= 15 is 0 Å². The number of aromatic nitrogens is 3. The lowest BCUT2D eigenvalue weighted by molar-refractivity contribution is 0.221. The third-order valence-electron chi connectivity index (χ3n) is 4.92. The van der Waals surface area contributed by atoms with Crippen molar-refractivity contribution in [2.45, 2.75) is 25.8 Å². The number of nitriles is 1. The number of rotatable bonds is 3. The van der Waals surface area contributed by atoms with Gasteiger partial charge in [0.25, 0.3) is 0 Å². The molecule has 1 fully saturated rings. The Morgan fingerprint density at radius 1 is 1.41 bits per heavy atom. The topological polar surface area (TPSA) is 95.8 Å². The van der Waals surface area contributed by atoms with Gasteiger partial charge in [0.05, 0.1) is 51.5 Å². The van der Waals surface area contributed by atoms with Crippen molar-refractivity contribution in [2.24, 2.45) is 5.84 Å². The zero-order valence-corrected chi connectivity index (χ0v) is 17.1. The molecule has 2 aromatic heterocycles. The molecule has 1 aliphatic heterocycles. The Morgan fingerprint density at radius 2 is 2.26 bits per heavy atom. The van der Waals surface area contributed by atoms with Gasteiger partial charge in [0, 0.05) is 36.3 Å². The van der Waals surface area contributed by atoms with E-state index in [1.807, 2.05) is 39.1 Å². The maximum atomic E-state index is 9.38. The van der Waals surface area contributed by atoms with Crippen molar-refractivity contribution in [1.29, 1.82) is 5.26 Å². The third-order valence-corrected chi connectivity index (χ3v) is 5.68. The van der Waals surface area contributed by atoms with Gasteiger partial charge in [-0.15, -0.1) is 0 Å². The Kier molecular flexibility index (Phi) is 4.99. The zero-order chi connectivity index (χ0) is 19.0. The summed E-state index contributed by atoms with van der Waals surface area (Å²) in [5.74, 6) is 6.73. The fourth-order valence-corrected chi connectivity index (χ4v) is 4.40. The lowest BCUT2D eigenvalue weighted by Crippen LogP contribution is -2.45. The van der Waals surface area contributed by atoms with Crippen LogP contribution >= 0.6 is 22.9 Å². The Balaban J connectivity index is 1.67. The van der Waals surface area contributed by atoms with E-state index in [4.69, 9.17) is 10.8 Å². The number of hydrogen-bond donors (Lipinski definition) is 2. The molecule has 0 saturated carbocycles. The first-order chi connectivity index (χ1) is 13.1. The molecule has 0 aliphatic carbocycles. The van der Waals surface area contributed by atoms with E-state index in [0.29, 0.717) is 5.56 Å². The summed E-state index contributed by atoms with van der Waals surface area (Å²) in [7, 11) is 0. The number of nitrogens with one attached hydrogen (secondary N) is 1. The van der Waals surface area contributed by atoms with Crippen LogP contribution in [0, 0.1) is 18.3 Å². The van der Waals surface area contributed by atoms with E-state index in [9.17, 15) is 5.26 Å². The summed E-state index contributed by atoms with van der Waals surface area (Å²) < 4.78 is 1.95. The highest BCUT2D eigenvalue weighted by Gasteiger charge is 2.19. The SMILES string of the molecule is Cc1nc(-c2cn(I)c3c(C#N)cccc23)cnc1NC1CCCN(N)C1. The highest BCUT2D eigenvalue weighted by Crippen LogP contribution is 2.33. The number of hydrogen-bond acceptors (Lipinski definition) is 6. The number of benzene rings is 1. The number of piperidine rings is 1. The molecule has 1 aromatic carbocycles. The Morgan fingerprint density at radius 3 is 3.00 bits per heavy atom. The minimum atomic E-state index is 0.289. The fraction of sp³-hybridized carbons (Fsp3) is 0.316. The molecule has 0 spiro atoms. The third kappa shape index (κ3) is 3.50. The van der Waals surface area contributed by atoms with Crippen LogP contribution < -0.4 is 11.2 Å². The second-order valence-corrected chi connectivity index (χ2v) is 7.87. The van der Waals surface area contributed by atoms with Crippen LogP contribution in [0.5, 0.6) is 0 Å². The van der Waals surface area contributed by atoms with Gasteiger partial charge in [-0.25, -0.2) is 15.0 Å². The minimum absolute atomic E-state index is 0.289. The molecular weight excluding hydrogens is 453 g/mol. The van der Waals surface area contributed by atoms with Gasteiger partial charge in [-0.2, -0.15) is 5.26 Å². The van der Waals surface area contributed by atoms with Crippen LogP contribution in [0.2, 0.25) is 0 Å². The highest BCUT2D eigenvalue weighted by atomic mass is 127. The summed E-state index contributed by atoms with van der Waals surface area (Å²) >= 11 is 2.20. The van der Waals surface area contributed by atoms with Gasteiger partial charge in [0.2, 0.25) is 0 Å². The minimum Gasteiger partial charge on any atom is -0.364 e. The molecular formula is C19H20IN7. The van der Waals surface area contributed by atoms with Gasteiger partial charge in [-0.3, -0.25) is 8.62 Å². The smallest absolute Gasteiger partial charge is 0.147 e. The van der Waals surface area contributed by atoms with Crippen molar-refractivity contribution in [3.63, 3.8) is 0 Å². The first kappa shape index (κ1) is 18.2. The summed E-state index contributed by atoms with van der Waals surface area (Å²) in [5, 5.41) is 15.7. The fourth-order valence-electron chi connectivity index (χ4n) is 3.60. The second-order valence-electron chi connectivity index (χ2n) is 6.84. The first-order valence-corrected chi connectivity index (χ1v) is 9.84. The highest BCUT2D eigenvalue weighted by molar-refractivity contribution is 14.1. The number of fused-ring (bicyclic) bond motifs is 1. The van der Waals surface area contributed by atoms with Crippen molar-refractivity contribution in [3.05, 3.63) is 41.9 Å². The van der Waals surface area contributed by atoms with E-state index in [1.54, 1.807) is 6.20 Å². The number of hydrazine groups is 1. The molecule has 3 aromatic rings. The Hall–Kier alpha value is -2.22. The molecule has 4 rings (SSSR count). The van der Waals surface area contributed by atoms with Gasteiger partial charge in [-0.05, 0) is 25.8 Å². The molecule has 0 amide bonds. The average molecular weight is 473 g/mol. The standard InChI is InChI=1S/C19H20IN7/c1-12-19(25-14-5-3-7-26(22)10-14)23-9-17(24-12)16-11-27(20)18-13(8-21)4-2-6-15(16)18/h2,4,6,9,11,14H,3,5,7,10,22H2,1H3,(H,23,25). The number of anilines is 1. The maximum absolute atomic E-state index is 9.38. The van der Waals surface area contributed by atoms with Crippen LogP contribution in [0.4, 0.5) is 5.82 Å². The summed E-state index contributed by atoms with van der Waals surface area (Å²) in [6.45, 7) is 3.71. The molecule has 0 radical (unpaired) electrons. The van der Waals surface area contributed by atoms with Crippen LogP contribution in [0.3, 0.4) is 0 Å². The molecule has 3 heterocycles. The first-order valence-electron chi connectivity index (χ1n) is 8.87. The number of aryl methyl sites for hydroxylation is 1. The summed E-state index contributed by atoms with van der Waals surface area (Å²) in [6, 6.07) is 8.29. The van der Waals surface area contributed by atoms with Gasteiger partial charge < -0.3 is 5.32 Å². The van der Waals surface area contributed by atoms with E-state index in [2.05, 4.69) is 39.2 Å². The summed E-state index contributed by atoms with van der Waals surface area (Å²) in [4.78, 5) is 9.40. The molecule has 138 valence electrons. The largest absolute Gasteiger partial charge is 0.364 e. The lowest BCUT2D eigenvalue weighted by Gasteiger charge is -2.30. The predicted octanol–water partition coefficient (Wildman–Crippen LogP) is 3.23. The predicted molar refractivity (Wildman–Crippen MR) is 114 cm³/mol. The van der Waals surface area contributed by atoms with Gasteiger partial charge >= 0.3 is 0 Å². The second kappa shape index (κ2) is 7.42. The molecule has 0 bridgehead atoms. The van der Waals surface area contributed by atoms with Crippen molar-refractivity contribution >= 4 is 39.6 Å². The Labute approximate surface area is 171 Å². The summed E-state index contributed by atoms with van der Waals surface area (Å²) in [5.41, 5.74) is 4.19. The van der Waals surface area contributed by atoms with Crippen LogP contribution in [-0.2, 0) is 0 Å². The Bertz CT molecular complexity index is 1040. The van der Waals surface area contributed by atoms with Crippen molar-refractivity contribution < 1.29 is 0 Å². The lowest BCUT2D eigenvalue weighted by atomic mass is 10.1. The van der Waals surface area contributed by atoms with Gasteiger partial charge in [0.15, 0.2) is 0 Å². The molecule has 8 heteroatoms. The van der Waals surface area contributed by atoms with Gasteiger partial charge in [0.1, 0.15) is 11.9 Å². The average Bonchev–Trinajstić information content (AvgIpc) is 3.00. The molecule has 27 heavy (non-hydrogen) atoms. The van der Waals surface area contributed by atoms with Crippen LogP contribution in [0.25, 0.3) is 22.2 Å². The van der Waals surface area contributed by atoms with Crippen molar-refractivity contribution in [3.8, 4) is 17.3 Å². The molecule has 1 atom stereocenters. The monoisotopic (exact) mass is 473 g/mol. The molecule has 1 aliphatic rings. The quantitative estimate of drug-likeness (QED) is 0.448.